The lowest BCUT2D eigenvalue weighted by atomic mass is 9.95. The van der Waals surface area contributed by atoms with Gasteiger partial charge in [-0.15, -0.1) is 0 Å². The minimum absolute atomic E-state index is 0.0745. The number of nitrogens with zero attached hydrogens (tertiary/aromatic N) is 1. The number of aryl methyl sites for hydroxylation is 1. The summed E-state index contributed by atoms with van der Waals surface area (Å²) in [6.45, 7) is 4.80. The van der Waals surface area contributed by atoms with E-state index in [-0.39, 0.29) is 6.10 Å². The Hall–Kier alpha value is -0.930. The van der Waals surface area contributed by atoms with Crippen molar-refractivity contribution in [3.63, 3.8) is 0 Å². The Morgan fingerprint density at radius 1 is 1.53 bits per heavy atom. The lowest BCUT2D eigenvalue weighted by molar-refractivity contribution is -0.0179. The van der Waals surface area contributed by atoms with Crippen LogP contribution in [0.2, 0.25) is 0 Å². The zero-order valence-electron chi connectivity index (χ0n) is 9.18. The molecule has 0 spiro atoms. The second kappa shape index (κ2) is 4.29. The second-order valence-corrected chi connectivity index (χ2v) is 4.28. The van der Waals surface area contributed by atoms with Gasteiger partial charge in [0.15, 0.2) is 0 Å². The van der Waals surface area contributed by atoms with Crippen LogP contribution in [-0.4, -0.2) is 22.8 Å². The van der Waals surface area contributed by atoms with Crippen molar-refractivity contribution in [1.29, 1.82) is 0 Å². The largest absolute Gasteiger partial charge is 0.386 e. The van der Waals surface area contributed by atoms with Gasteiger partial charge in [-0.1, -0.05) is 13.0 Å². The van der Waals surface area contributed by atoms with Crippen molar-refractivity contribution in [1.82, 2.24) is 4.98 Å². The topological polar surface area (TPSA) is 42.4 Å². The molecule has 3 unspecified atom stereocenters. The summed E-state index contributed by atoms with van der Waals surface area (Å²) >= 11 is 0. The average Bonchev–Trinajstić information content (AvgIpc) is 2.65. The molecule has 3 nitrogen and oxygen atoms in total. The van der Waals surface area contributed by atoms with E-state index >= 15 is 0 Å². The van der Waals surface area contributed by atoms with Gasteiger partial charge < -0.3 is 9.84 Å². The molecule has 0 aliphatic carbocycles. The Kier molecular flexibility index (Phi) is 3.03. The van der Waals surface area contributed by atoms with Crippen molar-refractivity contribution >= 4 is 0 Å². The first-order chi connectivity index (χ1) is 7.18. The monoisotopic (exact) mass is 207 g/mol. The molecule has 1 fully saturated rings. The molecular formula is C12H17NO2. The van der Waals surface area contributed by atoms with Gasteiger partial charge in [0.05, 0.1) is 6.10 Å². The van der Waals surface area contributed by atoms with Crippen LogP contribution in [0.25, 0.3) is 0 Å². The van der Waals surface area contributed by atoms with E-state index < -0.39 is 6.10 Å². The zero-order valence-corrected chi connectivity index (χ0v) is 9.18. The maximum atomic E-state index is 10.1. The van der Waals surface area contributed by atoms with Gasteiger partial charge in [0, 0.05) is 24.1 Å². The van der Waals surface area contributed by atoms with E-state index in [2.05, 4.69) is 11.9 Å². The maximum absolute atomic E-state index is 10.1. The van der Waals surface area contributed by atoms with Crippen LogP contribution in [0.15, 0.2) is 18.3 Å². The third-order valence-electron chi connectivity index (χ3n) is 3.03. The number of rotatable bonds is 2. The van der Waals surface area contributed by atoms with Gasteiger partial charge in [-0.05, 0) is 25.3 Å². The number of aromatic nitrogens is 1. The number of pyridine rings is 1. The van der Waals surface area contributed by atoms with Crippen LogP contribution < -0.4 is 0 Å². The van der Waals surface area contributed by atoms with Crippen LogP contribution in [-0.2, 0) is 4.74 Å². The third kappa shape index (κ3) is 2.19. The zero-order chi connectivity index (χ0) is 10.8. The van der Waals surface area contributed by atoms with Gasteiger partial charge in [0.2, 0.25) is 0 Å². The molecule has 2 rings (SSSR count). The summed E-state index contributed by atoms with van der Waals surface area (Å²) in [6, 6.07) is 3.83. The number of hydrogen-bond donors (Lipinski definition) is 1. The van der Waals surface area contributed by atoms with Crippen LogP contribution in [0.4, 0.5) is 0 Å². The Bertz CT molecular complexity index is 323. The molecule has 0 aromatic carbocycles. The van der Waals surface area contributed by atoms with Gasteiger partial charge in [0.25, 0.3) is 0 Å². The average molecular weight is 207 g/mol. The van der Waals surface area contributed by atoms with Gasteiger partial charge >= 0.3 is 0 Å². The normalized spacial score (nSPS) is 27.9. The van der Waals surface area contributed by atoms with E-state index in [1.54, 1.807) is 6.20 Å². The molecule has 1 aromatic heterocycles. The molecule has 1 N–H and O–H groups in total. The van der Waals surface area contributed by atoms with E-state index in [9.17, 15) is 5.11 Å². The van der Waals surface area contributed by atoms with Crippen molar-refractivity contribution in [3.05, 3.63) is 29.6 Å². The highest BCUT2D eigenvalue weighted by Crippen LogP contribution is 2.30. The van der Waals surface area contributed by atoms with Gasteiger partial charge in [0.1, 0.15) is 6.10 Å². The smallest absolute Gasteiger partial charge is 0.107 e. The standard InChI is InChI=1S/C12H17NO2/c1-8-5-6-15-12(8)11(14)10-4-3-9(2)13-7-10/h3-4,7-8,11-12,14H,5-6H2,1-2H3. The maximum Gasteiger partial charge on any atom is 0.107 e. The lowest BCUT2D eigenvalue weighted by Gasteiger charge is -2.21. The highest BCUT2D eigenvalue weighted by Gasteiger charge is 2.31. The molecule has 0 radical (unpaired) electrons. The molecule has 1 aliphatic rings. The summed E-state index contributed by atoms with van der Waals surface area (Å²) in [6.07, 6.45) is 2.14. The summed E-state index contributed by atoms with van der Waals surface area (Å²) in [5.74, 6) is 0.418. The minimum Gasteiger partial charge on any atom is -0.386 e. The van der Waals surface area contributed by atoms with Crippen LogP contribution in [0, 0.1) is 12.8 Å². The summed E-state index contributed by atoms with van der Waals surface area (Å²) in [5, 5.41) is 10.1. The van der Waals surface area contributed by atoms with Crippen molar-refractivity contribution in [3.8, 4) is 0 Å². The predicted molar refractivity (Wildman–Crippen MR) is 57.5 cm³/mol. The number of ether oxygens (including phenoxy) is 1. The van der Waals surface area contributed by atoms with Crippen LogP contribution in [0.5, 0.6) is 0 Å². The summed E-state index contributed by atoms with van der Waals surface area (Å²) in [7, 11) is 0. The first kappa shape index (κ1) is 10.6. The molecular weight excluding hydrogens is 190 g/mol. The van der Waals surface area contributed by atoms with Crippen LogP contribution in [0.1, 0.15) is 30.7 Å². The summed E-state index contributed by atoms with van der Waals surface area (Å²) < 4.78 is 5.53. The van der Waals surface area contributed by atoms with Crippen molar-refractivity contribution < 1.29 is 9.84 Å². The van der Waals surface area contributed by atoms with Crippen molar-refractivity contribution in [2.24, 2.45) is 5.92 Å². The van der Waals surface area contributed by atoms with E-state index in [4.69, 9.17) is 4.74 Å². The quantitative estimate of drug-likeness (QED) is 0.804. The lowest BCUT2D eigenvalue weighted by Crippen LogP contribution is -2.23. The number of aliphatic hydroxyl groups excluding tert-OH is 1. The minimum atomic E-state index is -0.546. The van der Waals surface area contributed by atoms with Gasteiger partial charge in [-0.25, -0.2) is 0 Å². The van der Waals surface area contributed by atoms with Gasteiger partial charge in [-0.2, -0.15) is 0 Å². The second-order valence-electron chi connectivity index (χ2n) is 4.28. The molecule has 0 saturated carbocycles. The first-order valence-electron chi connectivity index (χ1n) is 5.40. The Morgan fingerprint density at radius 3 is 2.87 bits per heavy atom. The van der Waals surface area contributed by atoms with E-state index in [0.29, 0.717) is 5.92 Å². The predicted octanol–water partition coefficient (Wildman–Crippen LogP) is 1.85. The highest BCUT2D eigenvalue weighted by atomic mass is 16.5. The van der Waals surface area contributed by atoms with Crippen LogP contribution in [0.3, 0.4) is 0 Å². The fourth-order valence-corrected chi connectivity index (χ4v) is 1.96. The fourth-order valence-electron chi connectivity index (χ4n) is 1.96. The van der Waals surface area contributed by atoms with E-state index in [0.717, 1.165) is 24.3 Å². The fraction of sp³-hybridized carbons (Fsp3) is 0.583. The molecule has 2 heterocycles. The number of aliphatic hydroxyl groups is 1. The Balaban J connectivity index is 2.13. The molecule has 15 heavy (non-hydrogen) atoms. The molecule has 3 atom stereocenters. The third-order valence-corrected chi connectivity index (χ3v) is 3.03. The molecule has 1 aliphatic heterocycles. The number of hydrogen-bond acceptors (Lipinski definition) is 3. The summed E-state index contributed by atoms with van der Waals surface area (Å²) in [5.41, 5.74) is 1.81. The van der Waals surface area contributed by atoms with E-state index in [1.165, 1.54) is 0 Å². The first-order valence-corrected chi connectivity index (χ1v) is 5.40. The SMILES string of the molecule is Cc1ccc(C(O)C2OCCC2C)cn1. The van der Waals surface area contributed by atoms with Crippen molar-refractivity contribution in [2.75, 3.05) is 6.61 Å². The Morgan fingerprint density at radius 2 is 2.33 bits per heavy atom. The molecule has 1 saturated heterocycles. The van der Waals surface area contributed by atoms with E-state index in [1.807, 2.05) is 19.1 Å². The van der Waals surface area contributed by atoms with Crippen LogP contribution >= 0.6 is 0 Å². The molecule has 82 valence electrons. The highest BCUT2D eigenvalue weighted by molar-refractivity contribution is 5.17. The van der Waals surface area contributed by atoms with Crippen molar-refractivity contribution in [2.45, 2.75) is 32.5 Å². The molecule has 1 aromatic rings. The Labute approximate surface area is 90.1 Å². The summed E-state index contributed by atoms with van der Waals surface area (Å²) in [4.78, 5) is 4.18. The molecule has 0 amide bonds. The molecule has 0 bridgehead atoms. The van der Waals surface area contributed by atoms with Gasteiger partial charge in [-0.3, -0.25) is 4.98 Å². The molecule has 3 heteroatoms.